The molecule has 1 aromatic carbocycles. The van der Waals surface area contributed by atoms with Crippen molar-refractivity contribution < 1.29 is 9.47 Å². The first kappa shape index (κ1) is 24.5. The highest BCUT2D eigenvalue weighted by molar-refractivity contribution is 9.11. The van der Waals surface area contributed by atoms with Crippen LogP contribution >= 0.6 is 31.9 Å². The number of ether oxygens (including phenoxy) is 2. The molecule has 1 saturated carbocycles. The van der Waals surface area contributed by atoms with Gasteiger partial charge in [-0.05, 0) is 101 Å². The first-order valence-electron chi connectivity index (χ1n) is 11.1. The molecule has 0 aliphatic heterocycles. The lowest BCUT2D eigenvalue weighted by Crippen LogP contribution is -2.35. The van der Waals surface area contributed by atoms with Gasteiger partial charge in [0.05, 0.1) is 14.2 Å². The number of hydrogen-bond donors (Lipinski definition) is 0. The van der Waals surface area contributed by atoms with E-state index >= 15 is 0 Å². The summed E-state index contributed by atoms with van der Waals surface area (Å²) in [4.78, 5) is 0. The van der Waals surface area contributed by atoms with Crippen molar-refractivity contribution in [1.29, 1.82) is 0 Å². The van der Waals surface area contributed by atoms with Crippen LogP contribution in [0, 0.1) is 35.5 Å². The molecule has 2 aliphatic carbocycles. The van der Waals surface area contributed by atoms with Gasteiger partial charge in [0.2, 0.25) is 0 Å². The number of rotatable bonds is 6. The molecule has 2 aliphatic rings. The Bertz CT molecular complexity index is 901. The molecule has 2 nitrogen and oxygen atoms in total. The number of halogens is 2. The van der Waals surface area contributed by atoms with Gasteiger partial charge in [-0.3, -0.25) is 0 Å². The summed E-state index contributed by atoms with van der Waals surface area (Å²) in [6.07, 6.45) is 15.2. The quantitative estimate of drug-likeness (QED) is 0.203. The summed E-state index contributed by atoms with van der Waals surface area (Å²) in [6, 6.07) is 4.28. The van der Waals surface area contributed by atoms with Gasteiger partial charge in [0.15, 0.2) is 5.76 Å². The van der Waals surface area contributed by atoms with E-state index in [1.165, 1.54) is 28.4 Å². The molecular formula is C27H34Br2O2. The highest BCUT2D eigenvalue weighted by atomic mass is 79.9. The molecule has 0 heterocycles. The van der Waals surface area contributed by atoms with Crippen molar-refractivity contribution in [1.82, 2.24) is 0 Å². The summed E-state index contributed by atoms with van der Waals surface area (Å²) in [5.74, 6) is 6.78. The van der Waals surface area contributed by atoms with Crippen molar-refractivity contribution in [2.24, 2.45) is 23.2 Å². The van der Waals surface area contributed by atoms with E-state index in [1.54, 1.807) is 14.2 Å². The summed E-state index contributed by atoms with van der Waals surface area (Å²) in [5.41, 5.74) is 3.24. The van der Waals surface area contributed by atoms with Gasteiger partial charge in [-0.2, -0.15) is 0 Å². The predicted octanol–water partition coefficient (Wildman–Crippen LogP) is 8.01. The second-order valence-corrected chi connectivity index (χ2v) is 11.8. The molecule has 0 N–H and O–H groups in total. The van der Waals surface area contributed by atoms with Gasteiger partial charge in [-0.15, -0.1) is 6.42 Å². The molecule has 4 heteroatoms. The van der Waals surface area contributed by atoms with Crippen molar-refractivity contribution in [2.75, 3.05) is 14.2 Å². The van der Waals surface area contributed by atoms with Crippen molar-refractivity contribution in [3.05, 3.63) is 50.1 Å². The molecule has 2 unspecified atom stereocenters. The molecular weight excluding hydrogens is 516 g/mol. The van der Waals surface area contributed by atoms with Crippen LogP contribution in [-0.2, 0) is 11.2 Å². The molecule has 0 amide bonds. The van der Waals surface area contributed by atoms with E-state index in [0.717, 1.165) is 35.4 Å². The summed E-state index contributed by atoms with van der Waals surface area (Å²) in [7, 11) is 3.41. The van der Waals surface area contributed by atoms with Crippen LogP contribution in [0.2, 0.25) is 0 Å². The lowest BCUT2D eigenvalue weighted by Gasteiger charge is -2.44. The minimum Gasteiger partial charge on any atom is -0.496 e. The number of fused-ring (bicyclic) bond motifs is 3. The Labute approximate surface area is 205 Å². The van der Waals surface area contributed by atoms with Crippen molar-refractivity contribution in [3.8, 4) is 18.1 Å². The Morgan fingerprint density at radius 3 is 2.58 bits per heavy atom. The number of methoxy groups -OCH3 is 2. The lowest BCUT2D eigenvalue weighted by molar-refractivity contribution is 0.0841. The number of benzene rings is 1. The van der Waals surface area contributed by atoms with Gasteiger partial charge in [0.25, 0.3) is 0 Å². The minimum atomic E-state index is 0.329. The first-order valence-corrected chi connectivity index (χ1v) is 12.7. The number of hydrogen-bond acceptors (Lipinski definition) is 2. The van der Waals surface area contributed by atoms with Crippen LogP contribution in [0.3, 0.4) is 0 Å². The largest absolute Gasteiger partial charge is 0.496 e. The lowest BCUT2D eigenvalue weighted by atomic mass is 9.60. The first-order chi connectivity index (χ1) is 14.7. The van der Waals surface area contributed by atoms with E-state index in [0.29, 0.717) is 28.9 Å². The van der Waals surface area contributed by atoms with Crippen molar-refractivity contribution >= 4 is 31.9 Å². The Morgan fingerprint density at radius 2 is 1.97 bits per heavy atom. The molecule has 1 aromatic rings. The third-order valence-electron chi connectivity index (χ3n) is 7.23. The zero-order valence-electron chi connectivity index (χ0n) is 19.3. The minimum absolute atomic E-state index is 0.329. The monoisotopic (exact) mass is 548 g/mol. The SMILES string of the molecule is C#C/C(=C\C=C(\Br)CC[C@@H]1CC(C(C)(C)C)C[C@H]2Cc3c(Br)ccc(OC)c3C12)OC. The van der Waals surface area contributed by atoms with Crippen LogP contribution in [0.15, 0.2) is 39.0 Å². The maximum atomic E-state index is 5.84. The van der Waals surface area contributed by atoms with E-state index in [1.807, 2.05) is 12.2 Å². The van der Waals surface area contributed by atoms with E-state index in [9.17, 15) is 0 Å². The van der Waals surface area contributed by atoms with Gasteiger partial charge in [-0.25, -0.2) is 0 Å². The van der Waals surface area contributed by atoms with Gasteiger partial charge in [0, 0.05) is 10.0 Å². The summed E-state index contributed by atoms with van der Waals surface area (Å²) >= 11 is 7.57. The van der Waals surface area contributed by atoms with E-state index in [-0.39, 0.29) is 0 Å². The Balaban J connectivity index is 1.89. The molecule has 4 atom stereocenters. The number of allylic oxidation sites excluding steroid dienone is 4. The molecule has 0 aromatic heterocycles. The van der Waals surface area contributed by atoms with Gasteiger partial charge >= 0.3 is 0 Å². The van der Waals surface area contributed by atoms with Gasteiger partial charge < -0.3 is 9.47 Å². The third kappa shape index (κ3) is 5.42. The zero-order valence-corrected chi connectivity index (χ0v) is 22.5. The average Bonchev–Trinajstić information content (AvgIpc) is 3.13. The predicted molar refractivity (Wildman–Crippen MR) is 136 cm³/mol. The van der Waals surface area contributed by atoms with Crippen LogP contribution in [0.5, 0.6) is 5.75 Å². The van der Waals surface area contributed by atoms with Crippen LogP contribution in [0.1, 0.15) is 63.5 Å². The maximum absolute atomic E-state index is 5.84. The second-order valence-electron chi connectivity index (χ2n) is 9.96. The molecule has 3 rings (SSSR count). The Hall–Kier alpha value is -1.18. The summed E-state index contributed by atoms with van der Waals surface area (Å²) < 4.78 is 13.4. The normalized spacial score (nSPS) is 26.1. The second kappa shape index (κ2) is 10.2. The fourth-order valence-corrected chi connectivity index (χ4v) is 6.44. The van der Waals surface area contributed by atoms with Crippen molar-refractivity contribution in [3.63, 3.8) is 0 Å². The highest BCUT2D eigenvalue weighted by Gasteiger charge is 2.47. The fraction of sp³-hybridized carbons (Fsp3) is 0.556. The molecule has 0 radical (unpaired) electrons. The molecule has 0 bridgehead atoms. The third-order valence-corrected chi connectivity index (χ3v) is 8.63. The molecule has 31 heavy (non-hydrogen) atoms. The van der Waals surface area contributed by atoms with Crippen molar-refractivity contribution in [2.45, 2.75) is 58.8 Å². The topological polar surface area (TPSA) is 18.5 Å². The number of terminal acetylenes is 1. The summed E-state index contributed by atoms with van der Waals surface area (Å²) in [6.45, 7) is 7.21. The summed E-state index contributed by atoms with van der Waals surface area (Å²) in [5, 5.41) is 0. The Kier molecular flexibility index (Phi) is 8.03. The van der Waals surface area contributed by atoms with Crippen LogP contribution < -0.4 is 4.74 Å². The fourth-order valence-electron chi connectivity index (χ4n) is 5.57. The van der Waals surface area contributed by atoms with E-state index in [2.05, 4.69) is 70.7 Å². The highest BCUT2D eigenvalue weighted by Crippen LogP contribution is 2.58. The standard InChI is InChI=1S/C27H34Br2O2/c1-7-21(30-5)11-10-20(28)9-8-17-14-19(27(2,3)4)15-18-16-22-23(29)12-13-24(31-6)26(22)25(17)18/h1,10-13,17-19,25H,8-9,14-16H2,2-6H3/b20-10+,21-11+/t17-,18+,19?,25?/m1/s1. The smallest absolute Gasteiger partial charge is 0.169 e. The maximum Gasteiger partial charge on any atom is 0.169 e. The van der Waals surface area contributed by atoms with Gasteiger partial charge in [-0.1, -0.05) is 52.6 Å². The Morgan fingerprint density at radius 1 is 1.23 bits per heavy atom. The van der Waals surface area contributed by atoms with E-state index in [4.69, 9.17) is 15.9 Å². The molecule has 168 valence electrons. The molecule has 0 spiro atoms. The van der Waals surface area contributed by atoms with Crippen LogP contribution in [0.25, 0.3) is 0 Å². The van der Waals surface area contributed by atoms with E-state index < -0.39 is 0 Å². The average molecular weight is 550 g/mol. The van der Waals surface area contributed by atoms with Gasteiger partial charge in [0.1, 0.15) is 5.75 Å². The van der Waals surface area contributed by atoms with Crippen LogP contribution in [0.4, 0.5) is 0 Å². The zero-order chi connectivity index (χ0) is 22.8. The molecule has 1 fully saturated rings. The molecule has 0 saturated heterocycles. The van der Waals surface area contributed by atoms with Crippen LogP contribution in [-0.4, -0.2) is 14.2 Å².